The van der Waals surface area contributed by atoms with Gasteiger partial charge in [-0.25, -0.2) is 9.59 Å². The number of carboxylic acid groups (broad SMARTS) is 2. The topological polar surface area (TPSA) is 104 Å². The SMILES string of the molecule is CC(C)(C)N(C(=O)OCC1c2ccccc2-c2ccccc21)C(CCC(=O)O)C(=O)O. The third-order valence-electron chi connectivity index (χ3n) is 5.48. The average molecular weight is 425 g/mol. The third kappa shape index (κ3) is 4.71. The Morgan fingerprint density at radius 3 is 1.94 bits per heavy atom. The normalized spacial score (nSPS) is 13.8. The maximum Gasteiger partial charge on any atom is 0.410 e. The molecule has 0 radical (unpaired) electrons. The van der Waals surface area contributed by atoms with E-state index in [4.69, 9.17) is 9.84 Å². The number of hydrogen-bond donors (Lipinski definition) is 2. The molecule has 0 fully saturated rings. The van der Waals surface area contributed by atoms with E-state index in [1.54, 1.807) is 20.8 Å². The number of carbonyl (C=O) groups excluding carboxylic acids is 1. The molecule has 1 aliphatic carbocycles. The summed E-state index contributed by atoms with van der Waals surface area (Å²) in [6, 6.07) is 14.6. The van der Waals surface area contributed by atoms with E-state index in [2.05, 4.69) is 0 Å². The zero-order valence-corrected chi connectivity index (χ0v) is 17.9. The highest BCUT2D eigenvalue weighted by Crippen LogP contribution is 2.44. The average Bonchev–Trinajstić information content (AvgIpc) is 3.02. The van der Waals surface area contributed by atoms with Crippen molar-refractivity contribution in [3.63, 3.8) is 0 Å². The third-order valence-corrected chi connectivity index (χ3v) is 5.48. The Kier molecular flexibility index (Phi) is 6.34. The summed E-state index contributed by atoms with van der Waals surface area (Å²) in [5.41, 5.74) is 3.43. The minimum absolute atomic E-state index is 0.0602. The molecule has 7 nitrogen and oxygen atoms in total. The first-order valence-electron chi connectivity index (χ1n) is 10.2. The summed E-state index contributed by atoms with van der Waals surface area (Å²) in [6.07, 6.45) is -1.33. The zero-order chi connectivity index (χ0) is 22.8. The van der Waals surface area contributed by atoms with Gasteiger partial charge in [-0.3, -0.25) is 9.69 Å². The highest BCUT2D eigenvalue weighted by Gasteiger charge is 2.39. The van der Waals surface area contributed by atoms with E-state index >= 15 is 0 Å². The number of carbonyl (C=O) groups is 3. The zero-order valence-electron chi connectivity index (χ0n) is 17.9. The Labute approximate surface area is 181 Å². The molecule has 0 saturated heterocycles. The number of amides is 1. The number of fused-ring (bicyclic) bond motifs is 3. The maximum atomic E-state index is 13.1. The van der Waals surface area contributed by atoms with Gasteiger partial charge in [0.25, 0.3) is 0 Å². The van der Waals surface area contributed by atoms with Crippen molar-refractivity contribution in [2.24, 2.45) is 0 Å². The van der Waals surface area contributed by atoms with Crippen molar-refractivity contribution < 1.29 is 29.3 Å². The minimum Gasteiger partial charge on any atom is -0.481 e. The molecule has 0 heterocycles. The van der Waals surface area contributed by atoms with Crippen LogP contribution < -0.4 is 0 Å². The van der Waals surface area contributed by atoms with Crippen LogP contribution in [0, 0.1) is 0 Å². The lowest BCUT2D eigenvalue weighted by molar-refractivity contribution is -0.146. The molecule has 164 valence electrons. The molecule has 0 aromatic heterocycles. The van der Waals surface area contributed by atoms with E-state index in [0.717, 1.165) is 27.2 Å². The summed E-state index contributed by atoms with van der Waals surface area (Å²) < 4.78 is 5.64. The largest absolute Gasteiger partial charge is 0.481 e. The van der Waals surface area contributed by atoms with Gasteiger partial charge >= 0.3 is 18.0 Å². The Morgan fingerprint density at radius 2 is 1.48 bits per heavy atom. The van der Waals surface area contributed by atoms with Crippen molar-refractivity contribution in [2.75, 3.05) is 6.61 Å². The van der Waals surface area contributed by atoms with Crippen LogP contribution in [0.25, 0.3) is 11.1 Å². The van der Waals surface area contributed by atoms with Gasteiger partial charge in [-0.15, -0.1) is 0 Å². The molecule has 3 rings (SSSR count). The molecule has 0 aliphatic heterocycles. The summed E-state index contributed by atoms with van der Waals surface area (Å²) in [7, 11) is 0. The Balaban J connectivity index is 1.83. The fourth-order valence-electron chi connectivity index (χ4n) is 4.16. The highest BCUT2D eigenvalue weighted by molar-refractivity contribution is 5.82. The lowest BCUT2D eigenvalue weighted by Crippen LogP contribution is -2.55. The molecule has 0 saturated carbocycles. The molecule has 2 aromatic carbocycles. The summed E-state index contributed by atoms with van der Waals surface area (Å²) in [5, 5.41) is 18.6. The van der Waals surface area contributed by atoms with E-state index in [9.17, 15) is 19.5 Å². The van der Waals surface area contributed by atoms with Crippen LogP contribution in [-0.4, -0.2) is 51.3 Å². The standard InChI is InChI=1S/C24H27NO6/c1-24(2,3)25(20(22(28)29)12-13-21(26)27)23(30)31-14-19-17-10-6-4-8-15(17)16-9-5-7-11-18(16)19/h4-11,19-20H,12-14H2,1-3H3,(H,26,27)(H,28,29). The number of carboxylic acids is 2. The lowest BCUT2D eigenvalue weighted by atomic mass is 9.98. The molecule has 1 amide bonds. The summed E-state index contributed by atoms with van der Waals surface area (Å²) in [5.74, 6) is -2.53. The second-order valence-corrected chi connectivity index (χ2v) is 8.63. The van der Waals surface area contributed by atoms with Crippen LogP contribution in [0.15, 0.2) is 48.5 Å². The Hall–Kier alpha value is -3.35. The van der Waals surface area contributed by atoms with Crippen LogP contribution >= 0.6 is 0 Å². The monoisotopic (exact) mass is 425 g/mol. The Bertz CT molecular complexity index is 948. The van der Waals surface area contributed by atoms with Gasteiger partial charge in [0.2, 0.25) is 0 Å². The summed E-state index contributed by atoms with van der Waals surface area (Å²) >= 11 is 0. The predicted molar refractivity (Wildman–Crippen MR) is 115 cm³/mol. The van der Waals surface area contributed by atoms with Crippen LogP contribution in [0.1, 0.15) is 50.7 Å². The fraction of sp³-hybridized carbons (Fsp3) is 0.375. The maximum absolute atomic E-state index is 13.1. The number of benzene rings is 2. The van der Waals surface area contributed by atoms with Crippen molar-refractivity contribution in [2.45, 2.75) is 51.1 Å². The smallest absolute Gasteiger partial charge is 0.410 e. The van der Waals surface area contributed by atoms with E-state index in [0.29, 0.717) is 0 Å². The van der Waals surface area contributed by atoms with Gasteiger partial charge in [-0.05, 0) is 49.4 Å². The van der Waals surface area contributed by atoms with Crippen molar-refractivity contribution >= 4 is 18.0 Å². The van der Waals surface area contributed by atoms with Crippen molar-refractivity contribution in [3.8, 4) is 11.1 Å². The van der Waals surface area contributed by atoms with Gasteiger partial charge < -0.3 is 14.9 Å². The fourth-order valence-corrected chi connectivity index (χ4v) is 4.16. The molecule has 1 atom stereocenters. The van der Waals surface area contributed by atoms with Gasteiger partial charge in [0.05, 0.1) is 0 Å². The highest BCUT2D eigenvalue weighted by atomic mass is 16.6. The van der Waals surface area contributed by atoms with Gasteiger partial charge in [0.15, 0.2) is 0 Å². The van der Waals surface area contributed by atoms with Crippen LogP contribution in [0.2, 0.25) is 0 Å². The van der Waals surface area contributed by atoms with Gasteiger partial charge in [-0.1, -0.05) is 48.5 Å². The van der Waals surface area contributed by atoms with Crippen molar-refractivity contribution in [1.29, 1.82) is 0 Å². The molecule has 31 heavy (non-hydrogen) atoms. The molecule has 7 heteroatoms. The molecule has 1 aliphatic rings. The predicted octanol–water partition coefficient (Wildman–Crippen LogP) is 4.35. The molecule has 1 unspecified atom stereocenters. The number of hydrogen-bond acceptors (Lipinski definition) is 4. The molecule has 2 aromatic rings. The van der Waals surface area contributed by atoms with E-state index < -0.39 is 29.6 Å². The number of aliphatic carboxylic acids is 2. The van der Waals surface area contributed by atoms with Crippen LogP contribution in [0.3, 0.4) is 0 Å². The first-order chi connectivity index (χ1) is 14.6. The molecule has 2 N–H and O–H groups in total. The first-order valence-corrected chi connectivity index (χ1v) is 10.2. The van der Waals surface area contributed by atoms with Crippen LogP contribution in [0.4, 0.5) is 4.79 Å². The molecule has 0 bridgehead atoms. The number of ether oxygens (including phenoxy) is 1. The summed E-state index contributed by atoms with van der Waals surface area (Å²) in [4.78, 5) is 37.0. The van der Waals surface area contributed by atoms with Crippen LogP contribution in [0.5, 0.6) is 0 Å². The minimum atomic E-state index is -1.30. The Morgan fingerprint density at radius 1 is 0.968 bits per heavy atom. The second-order valence-electron chi connectivity index (χ2n) is 8.63. The van der Waals surface area contributed by atoms with Crippen LogP contribution in [-0.2, 0) is 14.3 Å². The second kappa shape index (κ2) is 8.79. The van der Waals surface area contributed by atoms with Gasteiger partial charge in [0.1, 0.15) is 12.6 Å². The van der Waals surface area contributed by atoms with Gasteiger partial charge in [-0.2, -0.15) is 0 Å². The molecule has 0 spiro atoms. The quantitative estimate of drug-likeness (QED) is 0.683. The number of nitrogens with zero attached hydrogens (tertiary/aromatic N) is 1. The van der Waals surface area contributed by atoms with Gasteiger partial charge in [0, 0.05) is 17.9 Å². The first kappa shape index (κ1) is 22.3. The van der Waals surface area contributed by atoms with Crippen molar-refractivity contribution in [3.05, 3.63) is 59.7 Å². The van der Waals surface area contributed by atoms with E-state index in [1.165, 1.54) is 0 Å². The van der Waals surface area contributed by atoms with E-state index in [-0.39, 0.29) is 25.4 Å². The van der Waals surface area contributed by atoms with Crippen molar-refractivity contribution in [1.82, 2.24) is 4.90 Å². The lowest BCUT2D eigenvalue weighted by Gasteiger charge is -2.39. The molecular weight excluding hydrogens is 398 g/mol. The summed E-state index contributed by atoms with van der Waals surface area (Å²) in [6.45, 7) is 5.16. The molecular formula is C24H27NO6. The van der Waals surface area contributed by atoms with E-state index in [1.807, 2.05) is 48.5 Å². The number of rotatable bonds is 7.